The van der Waals surface area contributed by atoms with Gasteiger partial charge in [0.15, 0.2) is 12.4 Å². The van der Waals surface area contributed by atoms with Crippen LogP contribution >= 0.6 is 0 Å². The number of benzene rings is 1. The molecular formula is C12H15N3O2. The number of nitrogens with zero attached hydrogens (tertiary/aromatic N) is 2. The van der Waals surface area contributed by atoms with Crippen molar-refractivity contribution in [2.24, 2.45) is 5.73 Å². The van der Waals surface area contributed by atoms with Gasteiger partial charge in [0.1, 0.15) is 5.75 Å². The van der Waals surface area contributed by atoms with Gasteiger partial charge in [0.05, 0.1) is 0 Å². The van der Waals surface area contributed by atoms with E-state index in [4.69, 9.17) is 15.0 Å². The fraction of sp³-hybridized carbons (Fsp3) is 0.333. The Bertz CT molecular complexity index is 442. The van der Waals surface area contributed by atoms with Gasteiger partial charge >= 0.3 is 0 Å². The maximum atomic E-state index is 5.49. The highest BCUT2D eigenvalue weighted by Crippen LogP contribution is 2.10. The largest absolute Gasteiger partial charge is 0.484 e. The lowest BCUT2D eigenvalue weighted by Gasteiger charge is -2.00. The van der Waals surface area contributed by atoms with E-state index in [9.17, 15) is 0 Å². The summed E-state index contributed by atoms with van der Waals surface area (Å²) in [6, 6.07) is 9.52. The zero-order valence-electron chi connectivity index (χ0n) is 9.50. The molecule has 0 saturated heterocycles. The van der Waals surface area contributed by atoms with Crippen molar-refractivity contribution < 1.29 is 9.26 Å². The molecule has 0 aliphatic heterocycles. The van der Waals surface area contributed by atoms with Gasteiger partial charge in [0.25, 0.3) is 5.89 Å². The third kappa shape index (κ3) is 3.57. The lowest BCUT2D eigenvalue weighted by Crippen LogP contribution is -2.01. The van der Waals surface area contributed by atoms with Gasteiger partial charge < -0.3 is 15.0 Å². The standard InChI is InChI=1S/C12H15N3O2/c13-8-4-7-11-14-12(17-15-11)9-16-10-5-2-1-3-6-10/h1-3,5-6H,4,7-9,13H2. The van der Waals surface area contributed by atoms with E-state index in [1.165, 1.54) is 0 Å². The fourth-order valence-corrected chi connectivity index (χ4v) is 1.37. The summed E-state index contributed by atoms with van der Waals surface area (Å²) in [6.07, 6.45) is 1.60. The second kappa shape index (κ2) is 6.00. The SMILES string of the molecule is NCCCc1noc(COc2ccccc2)n1. The van der Waals surface area contributed by atoms with Crippen molar-refractivity contribution in [2.75, 3.05) is 6.54 Å². The first-order valence-corrected chi connectivity index (χ1v) is 5.58. The summed E-state index contributed by atoms with van der Waals surface area (Å²) in [4.78, 5) is 4.20. The molecule has 1 aromatic heterocycles. The van der Waals surface area contributed by atoms with Gasteiger partial charge in [-0.1, -0.05) is 23.4 Å². The third-order valence-corrected chi connectivity index (χ3v) is 2.22. The molecule has 0 aliphatic carbocycles. The van der Waals surface area contributed by atoms with Crippen LogP contribution in [0.25, 0.3) is 0 Å². The normalized spacial score (nSPS) is 10.4. The van der Waals surface area contributed by atoms with E-state index in [1.807, 2.05) is 30.3 Å². The molecule has 1 aromatic carbocycles. The van der Waals surface area contributed by atoms with Crippen LogP contribution in [0, 0.1) is 0 Å². The monoisotopic (exact) mass is 233 g/mol. The van der Waals surface area contributed by atoms with E-state index >= 15 is 0 Å². The number of hydrogen-bond donors (Lipinski definition) is 1. The maximum absolute atomic E-state index is 5.49. The second-order valence-corrected chi connectivity index (χ2v) is 3.60. The number of nitrogens with two attached hydrogens (primary N) is 1. The summed E-state index contributed by atoms with van der Waals surface area (Å²) >= 11 is 0. The second-order valence-electron chi connectivity index (χ2n) is 3.60. The molecule has 5 heteroatoms. The number of aromatic nitrogens is 2. The first-order chi connectivity index (χ1) is 8.38. The van der Waals surface area contributed by atoms with Gasteiger partial charge in [-0.2, -0.15) is 4.98 Å². The predicted octanol–water partition coefficient (Wildman–Crippen LogP) is 1.54. The minimum absolute atomic E-state index is 0.291. The number of ether oxygens (including phenoxy) is 1. The predicted molar refractivity (Wildman–Crippen MR) is 62.4 cm³/mol. The molecular weight excluding hydrogens is 218 g/mol. The van der Waals surface area contributed by atoms with Gasteiger partial charge in [-0.3, -0.25) is 0 Å². The minimum atomic E-state index is 0.291. The average molecular weight is 233 g/mol. The quantitative estimate of drug-likeness (QED) is 0.819. The Labute approximate surface area is 99.6 Å². The Morgan fingerprint density at radius 3 is 2.82 bits per heavy atom. The Morgan fingerprint density at radius 1 is 1.24 bits per heavy atom. The van der Waals surface area contributed by atoms with Crippen molar-refractivity contribution >= 4 is 0 Å². The summed E-state index contributed by atoms with van der Waals surface area (Å²) in [7, 11) is 0. The van der Waals surface area contributed by atoms with E-state index in [0.717, 1.165) is 18.6 Å². The molecule has 0 aliphatic rings. The van der Waals surface area contributed by atoms with Gasteiger partial charge in [-0.05, 0) is 25.1 Å². The van der Waals surface area contributed by atoms with Crippen LogP contribution in [-0.4, -0.2) is 16.7 Å². The van der Waals surface area contributed by atoms with Crippen molar-refractivity contribution in [1.82, 2.24) is 10.1 Å². The minimum Gasteiger partial charge on any atom is -0.484 e. The van der Waals surface area contributed by atoms with Crippen LogP contribution < -0.4 is 10.5 Å². The van der Waals surface area contributed by atoms with Crippen LogP contribution in [0.3, 0.4) is 0 Å². The highest BCUT2D eigenvalue weighted by Gasteiger charge is 2.06. The molecule has 0 radical (unpaired) electrons. The van der Waals surface area contributed by atoms with Crippen LogP contribution in [-0.2, 0) is 13.0 Å². The maximum Gasteiger partial charge on any atom is 0.264 e. The van der Waals surface area contributed by atoms with Crippen LogP contribution in [0.15, 0.2) is 34.9 Å². The molecule has 0 amide bonds. The number of aryl methyl sites for hydroxylation is 1. The van der Waals surface area contributed by atoms with Crippen LogP contribution in [0.2, 0.25) is 0 Å². The van der Waals surface area contributed by atoms with E-state index in [1.54, 1.807) is 0 Å². The molecule has 0 atom stereocenters. The molecule has 1 heterocycles. The first kappa shape index (κ1) is 11.6. The van der Waals surface area contributed by atoms with Crippen molar-refractivity contribution in [1.29, 1.82) is 0 Å². The van der Waals surface area contributed by atoms with Gasteiger partial charge in [0, 0.05) is 6.42 Å². The number of hydrogen-bond acceptors (Lipinski definition) is 5. The molecule has 2 N–H and O–H groups in total. The molecule has 0 bridgehead atoms. The summed E-state index contributed by atoms with van der Waals surface area (Å²) in [6.45, 7) is 0.921. The Hall–Kier alpha value is -1.88. The van der Waals surface area contributed by atoms with E-state index < -0.39 is 0 Å². The van der Waals surface area contributed by atoms with Crippen molar-refractivity contribution in [3.05, 3.63) is 42.0 Å². The number of rotatable bonds is 6. The molecule has 5 nitrogen and oxygen atoms in total. The van der Waals surface area contributed by atoms with Crippen LogP contribution in [0.1, 0.15) is 18.1 Å². The molecule has 0 unspecified atom stereocenters. The molecule has 0 fully saturated rings. The van der Waals surface area contributed by atoms with E-state index in [-0.39, 0.29) is 0 Å². The molecule has 2 rings (SSSR count). The smallest absolute Gasteiger partial charge is 0.264 e. The summed E-state index contributed by atoms with van der Waals surface area (Å²) in [5, 5.41) is 3.84. The summed E-state index contributed by atoms with van der Waals surface area (Å²) < 4.78 is 10.5. The summed E-state index contributed by atoms with van der Waals surface area (Å²) in [5.41, 5.74) is 5.41. The van der Waals surface area contributed by atoms with Crippen LogP contribution in [0.4, 0.5) is 0 Å². The number of para-hydroxylation sites is 1. The third-order valence-electron chi connectivity index (χ3n) is 2.22. The van der Waals surface area contributed by atoms with Crippen molar-refractivity contribution in [3.8, 4) is 5.75 Å². The molecule has 90 valence electrons. The molecule has 2 aromatic rings. The van der Waals surface area contributed by atoms with Gasteiger partial charge in [-0.25, -0.2) is 0 Å². The Morgan fingerprint density at radius 2 is 2.06 bits per heavy atom. The Kier molecular flexibility index (Phi) is 4.10. The Balaban J connectivity index is 1.85. The molecule has 17 heavy (non-hydrogen) atoms. The van der Waals surface area contributed by atoms with E-state index in [2.05, 4.69) is 10.1 Å². The van der Waals surface area contributed by atoms with Gasteiger partial charge in [-0.15, -0.1) is 0 Å². The highest BCUT2D eigenvalue weighted by molar-refractivity contribution is 5.20. The van der Waals surface area contributed by atoms with Crippen LogP contribution in [0.5, 0.6) is 5.75 Å². The molecule has 0 spiro atoms. The van der Waals surface area contributed by atoms with Crippen molar-refractivity contribution in [3.63, 3.8) is 0 Å². The van der Waals surface area contributed by atoms with Crippen molar-refractivity contribution in [2.45, 2.75) is 19.4 Å². The molecule has 0 saturated carbocycles. The highest BCUT2D eigenvalue weighted by atomic mass is 16.5. The topological polar surface area (TPSA) is 74.2 Å². The van der Waals surface area contributed by atoms with Gasteiger partial charge in [0.2, 0.25) is 0 Å². The first-order valence-electron chi connectivity index (χ1n) is 5.58. The average Bonchev–Trinajstić information content (AvgIpc) is 2.83. The summed E-state index contributed by atoms with van der Waals surface area (Å²) in [5.74, 6) is 1.96. The zero-order chi connectivity index (χ0) is 11.9. The zero-order valence-corrected chi connectivity index (χ0v) is 9.50. The lowest BCUT2D eigenvalue weighted by atomic mass is 10.3. The fourth-order valence-electron chi connectivity index (χ4n) is 1.37. The lowest BCUT2D eigenvalue weighted by molar-refractivity contribution is 0.242. The van der Waals surface area contributed by atoms with E-state index in [0.29, 0.717) is 24.9 Å².